The summed E-state index contributed by atoms with van der Waals surface area (Å²) in [6, 6.07) is 17.0. The highest BCUT2D eigenvalue weighted by Crippen LogP contribution is 2.38. The van der Waals surface area contributed by atoms with Crippen LogP contribution in [0.25, 0.3) is 0 Å². The van der Waals surface area contributed by atoms with Crippen LogP contribution in [0, 0.1) is 20.2 Å². The molecule has 1 amide bonds. The molecule has 0 radical (unpaired) electrons. The fourth-order valence-electron chi connectivity index (χ4n) is 2.84. The van der Waals surface area contributed by atoms with Gasteiger partial charge in [0, 0.05) is 29.3 Å². The van der Waals surface area contributed by atoms with Gasteiger partial charge >= 0.3 is 5.69 Å². The molecule has 0 aromatic heterocycles. The number of carbonyl (C=O) groups is 1. The first kappa shape index (κ1) is 22.9. The van der Waals surface area contributed by atoms with E-state index in [-0.39, 0.29) is 40.6 Å². The molecule has 168 valence electrons. The van der Waals surface area contributed by atoms with Gasteiger partial charge in [-0.25, -0.2) is 5.43 Å². The van der Waals surface area contributed by atoms with Gasteiger partial charge in [-0.3, -0.25) is 25.0 Å². The number of carbonyl (C=O) groups excluding carboxylic acids is 1. The lowest BCUT2D eigenvalue weighted by atomic mass is 10.1. The minimum Gasteiger partial charge on any atom is -0.493 e. The fraction of sp³-hybridized carbons (Fsp3) is 0.0909. The minimum atomic E-state index is -0.681. The molecule has 0 aliphatic carbocycles. The van der Waals surface area contributed by atoms with Gasteiger partial charge in [0.25, 0.3) is 11.6 Å². The topological polar surface area (TPSA) is 146 Å². The molecule has 3 rings (SSSR count). The number of nitro benzene ring substituents is 2. The summed E-state index contributed by atoms with van der Waals surface area (Å²) >= 11 is 0. The van der Waals surface area contributed by atoms with Gasteiger partial charge in [-0.15, -0.1) is 0 Å². The summed E-state index contributed by atoms with van der Waals surface area (Å²) in [7, 11) is 1.35. The Labute approximate surface area is 187 Å². The Hall–Kier alpha value is -4.80. The highest BCUT2D eigenvalue weighted by molar-refractivity contribution is 5.95. The zero-order valence-corrected chi connectivity index (χ0v) is 17.3. The molecule has 0 atom stereocenters. The number of benzene rings is 3. The largest absolute Gasteiger partial charge is 0.493 e. The number of rotatable bonds is 9. The molecule has 3 aromatic rings. The second-order valence-corrected chi connectivity index (χ2v) is 6.61. The molecule has 3 aromatic carbocycles. The molecule has 11 heteroatoms. The third-order valence-corrected chi connectivity index (χ3v) is 4.40. The number of hydrogen-bond donors (Lipinski definition) is 1. The number of non-ortho nitro benzene ring substituents is 1. The average Bonchev–Trinajstić information content (AvgIpc) is 2.83. The van der Waals surface area contributed by atoms with Crippen LogP contribution in [0.4, 0.5) is 11.4 Å². The van der Waals surface area contributed by atoms with E-state index in [1.807, 2.05) is 30.3 Å². The number of nitrogens with zero attached hydrogens (tertiary/aromatic N) is 3. The maximum absolute atomic E-state index is 12.2. The number of nitrogens with one attached hydrogen (secondary N) is 1. The van der Waals surface area contributed by atoms with Gasteiger partial charge < -0.3 is 9.47 Å². The molecule has 0 spiro atoms. The summed E-state index contributed by atoms with van der Waals surface area (Å²) in [5, 5.41) is 26.2. The van der Waals surface area contributed by atoms with Crippen LogP contribution >= 0.6 is 0 Å². The van der Waals surface area contributed by atoms with Crippen LogP contribution in [0.5, 0.6) is 11.5 Å². The molecule has 0 unspecified atom stereocenters. The Balaban J connectivity index is 1.79. The van der Waals surface area contributed by atoms with Gasteiger partial charge in [0.2, 0.25) is 5.75 Å². The van der Waals surface area contributed by atoms with Crippen molar-refractivity contribution in [2.45, 2.75) is 6.61 Å². The highest BCUT2D eigenvalue weighted by Gasteiger charge is 2.22. The zero-order valence-electron chi connectivity index (χ0n) is 17.3. The first-order valence-electron chi connectivity index (χ1n) is 9.50. The summed E-state index contributed by atoms with van der Waals surface area (Å²) in [6.45, 7) is 0.102. The Kier molecular flexibility index (Phi) is 7.27. The fourth-order valence-corrected chi connectivity index (χ4v) is 2.84. The lowest BCUT2D eigenvalue weighted by molar-refractivity contribution is -0.386. The van der Waals surface area contributed by atoms with Gasteiger partial charge in [0.1, 0.15) is 6.61 Å². The second kappa shape index (κ2) is 10.5. The van der Waals surface area contributed by atoms with Crippen molar-refractivity contribution in [3.8, 4) is 11.5 Å². The van der Waals surface area contributed by atoms with Crippen LogP contribution in [0.3, 0.4) is 0 Å². The molecule has 0 saturated carbocycles. The molecule has 0 aliphatic heterocycles. The molecule has 0 aliphatic rings. The number of nitro groups is 2. The van der Waals surface area contributed by atoms with Gasteiger partial charge in [-0.05, 0) is 17.7 Å². The van der Waals surface area contributed by atoms with Crippen LogP contribution in [0.15, 0.2) is 71.8 Å². The molecule has 0 heterocycles. The SMILES string of the molecule is COc1cc(/C=N/NC(=O)c2cccc([N+](=O)[O-])c2)cc([N+](=O)[O-])c1OCc1ccccc1. The molecule has 0 fully saturated rings. The lowest BCUT2D eigenvalue weighted by Crippen LogP contribution is -2.17. The van der Waals surface area contributed by atoms with Crippen molar-refractivity contribution in [1.82, 2.24) is 5.43 Å². The third kappa shape index (κ3) is 5.88. The normalized spacial score (nSPS) is 10.6. The number of hydrogen-bond acceptors (Lipinski definition) is 8. The maximum Gasteiger partial charge on any atom is 0.315 e. The van der Waals surface area contributed by atoms with Crippen LogP contribution in [-0.2, 0) is 6.61 Å². The molecule has 0 bridgehead atoms. The first-order chi connectivity index (χ1) is 15.9. The van der Waals surface area contributed by atoms with E-state index in [4.69, 9.17) is 9.47 Å². The van der Waals surface area contributed by atoms with E-state index < -0.39 is 15.8 Å². The van der Waals surface area contributed by atoms with Gasteiger partial charge in [-0.1, -0.05) is 36.4 Å². The molecule has 1 N–H and O–H groups in total. The Morgan fingerprint density at radius 1 is 1.03 bits per heavy atom. The number of methoxy groups -OCH3 is 1. The van der Waals surface area contributed by atoms with Crippen LogP contribution in [0.1, 0.15) is 21.5 Å². The Morgan fingerprint density at radius 2 is 1.79 bits per heavy atom. The maximum atomic E-state index is 12.2. The minimum absolute atomic E-state index is 0.0366. The van der Waals surface area contributed by atoms with Gasteiger partial charge in [-0.2, -0.15) is 5.10 Å². The van der Waals surface area contributed by atoms with Crippen LogP contribution in [-0.4, -0.2) is 29.1 Å². The summed E-state index contributed by atoms with van der Waals surface area (Å²) < 4.78 is 10.9. The molecule has 0 saturated heterocycles. The molecule has 33 heavy (non-hydrogen) atoms. The molecule has 11 nitrogen and oxygen atoms in total. The Bertz CT molecular complexity index is 1210. The predicted octanol–water partition coefficient (Wildman–Crippen LogP) is 3.85. The van der Waals surface area contributed by atoms with Crippen LogP contribution < -0.4 is 14.9 Å². The Morgan fingerprint density at radius 3 is 2.45 bits per heavy atom. The van der Waals surface area contributed by atoms with Gasteiger partial charge in [0.05, 0.1) is 23.2 Å². The average molecular weight is 450 g/mol. The lowest BCUT2D eigenvalue weighted by Gasteiger charge is -2.12. The quantitative estimate of drug-likeness (QED) is 0.296. The molecular formula is C22H18N4O7. The highest BCUT2D eigenvalue weighted by atomic mass is 16.6. The van der Waals surface area contributed by atoms with E-state index in [2.05, 4.69) is 10.5 Å². The standard InChI is InChI=1S/C22H18N4O7/c1-32-20-11-16(13-23-24-22(27)17-8-5-9-18(12-17)25(28)29)10-19(26(30)31)21(20)33-14-15-6-3-2-4-7-15/h2-13H,14H2,1H3,(H,24,27)/b23-13+. The van der Waals surface area contributed by atoms with Crippen molar-refractivity contribution >= 4 is 23.5 Å². The zero-order chi connectivity index (χ0) is 23.8. The number of ether oxygens (including phenoxy) is 2. The van der Waals surface area contributed by atoms with Gasteiger partial charge in [0.15, 0.2) is 5.75 Å². The third-order valence-electron chi connectivity index (χ3n) is 4.40. The summed E-state index contributed by atoms with van der Waals surface area (Å²) in [5.41, 5.74) is 2.78. The molecular weight excluding hydrogens is 432 g/mol. The van der Waals surface area contributed by atoms with E-state index >= 15 is 0 Å². The van der Waals surface area contributed by atoms with Crippen molar-refractivity contribution < 1.29 is 24.1 Å². The second-order valence-electron chi connectivity index (χ2n) is 6.61. The van der Waals surface area contributed by atoms with Crippen LogP contribution in [0.2, 0.25) is 0 Å². The van der Waals surface area contributed by atoms with Crippen molar-refractivity contribution in [2.24, 2.45) is 5.10 Å². The predicted molar refractivity (Wildman–Crippen MR) is 119 cm³/mol. The smallest absolute Gasteiger partial charge is 0.315 e. The summed E-state index contributed by atoms with van der Waals surface area (Å²) in [5.74, 6) is -0.602. The van der Waals surface area contributed by atoms with E-state index in [0.29, 0.717) is 0 Å². The number of hydrazone groups is 1. The summed E-state index contributed by atoms with van der Waals surface area (Å²) in [6.07, 6.45) is 1.19. The first-order valence-corrected chi connectivity index (χ1v) is 9.50. The van der Waals surface area contributed by atoms with E-state index in [9.17, 15) is 25.0 Å². The van der Waals surface area contributed by atoms with E-state index in [0.717, 1.165) is 11.6 Å². The van der Waals surface area contributed by atoms with Crippen molar-refractivity contribution in [2.75, 3.05) is 7.11 Å². The monoisotopic (exact) mass is 450 g/mol. The number of amides is 1. The van der Waals surface area contributed by atoms with Crippen molar-refractivity contribution in [3.05, 3.63) is 104 Å². The van der Waals surface area contributed by atoms with E-state index in [1.54, 1.807) is 0 Å². The van der Waals surface area contributed by atoms with Crippen molar-refractivity contribution in [1.29, 1.82) is 0 Å². The summed E-state index contributed by atoms with van der Waals surface area (Å²) in [4.78, 5) is 33.4. The van der Waals surface area contributed by atoms with E-state index in [1.165, 1.54) is 43.7 Å². The van der Waals surface area contributed by atoms with Crippen molar-refractivity contribution in [3.63, 3.8) is 0 Å².